The molecule has 136 valence electrons. The van der Waals surface area contributed by atoms with Gasteiger partial charge in [0.15, 0.2) is 0 Å². The Kier molecular flexibility index (Phi) is 5.07. The van der Waals surface area contributed by atoms with Gasteiger partial charge in [0.05, 0.1) is 18.1 Å². The lowest BCUT2D eigenvalue weighted by atomic mass is 10.1. The van der Waals surface area contributed by atoms with Crippen LogP contribution in [0.1, 0.15) is 10.4 Å². The molecule has 0 atom stereocenters. The molecule has 0 saturated carbocycles. The summed E-state index contributed by atoms with van der Waals surface area (Å²) >= 11 is 0. The van der Waals surface area contributed by atoms with Crippen LogP contribution < -0.4 is 10.2 Å². The van der Waals surface area contributed by atoms with Gasteiger partial charge < -0.3 is 10.2 Å². The highest BCUT2D eigenvalue weighted by Crippen LogP contribution is 2.25. The number of anilines is 2. The van der Waals surface area contributed by atoms with Crippen molar-refractivity contribution >= 4 is 23.2 Å². The summed E-state index contributed by atoms with van der Waals surface area (Å²) in [6, 6.07) is 6.69. The van der Waals surface area contributed by atoms with Crippen LogP contribution in [-0.2, 0) is 11.8 Å². The van der Waals surface area contributed by atoms with E-state index in [-0.39, 0.29) is 11.8 Å². The molecule has 0 aliphatic carbocycles. The molecular formula is C19H18N6O2. The minimum Gasteiger partial charge on any atom is -0.319 e. The van der Waals surface area contributed by atoms with E-state index < -0.39 is 0 Å². The molecule has 0 spiro atoms. The van der Waals surface area contributed by atoms with E-state index in [0.29, 0.717) is 28.3 Å². The average Bonchev–Trinajstić information content (AvgIpc) is 3.07. The van der Waals surface area contributed by atoms with E-state index in [1.165, 1.54) is 11.0 Å². The van der Waals surface area contributed by atoms with Gasteiger partial charge in [-0.3, -0.25) is 24.2 Å². The van der Waals surface area contributed by atoms with Crippen molar-refractivity contribution in [1.29, 1.82) is 0 Å². The van der Waals surface area contributed by atoms with E-state index in [1.54, 1.807) is 67.8 Å². The second-order valence-electron chi connectivity index (χ2n) is 5.72. The maximum Gasteiger partial charge on any atom is 0.255 e. The van der Waals surface area contributed by atoms with Crippen molar-refractivity contribution in [3.05, 3.63) is 67.3 Å². The number of nitrogens with one attached hydrogen (secondary N) is 1. The van der Waals surface area contributed by atoms with Crippen LogP contribution in [0.15, 0.2) is 61.7 Å². The van der Waals surface area contributed by atoms with Crippen molar-refractivity contribution in [1.82, 2.24) is 19.7 Å². The first kappa shape index (κ1) is 18.0. The van der Waals surface area contributed by atoms with Gasteiger partial charge in [-0.25, -0.2) is 0 Å². The highest BCUT2D eigenvalue weighted by molar-refractivity contribution is 6.06. The smallest absolute Gasteiger partial charge is 0.255 e. The molecule has 3 aromatic rings. The summed E-state index contributed by atoms with van der Waals surface area (Å²) in [6.07, 6.45) is 7.55. The molecule has 0 fully saturated rings. The molecule has 0 unspecified atom stereocenters. The molecule has 8 nitrogen and oxygen atoms in total. The quantitative estimate of drug-likeness (QED) is 0.703. The van der Waals surface area contributed by atoms with Crippen LogP contribution in [0.2, 0.25) is 0 Å². The van der Waals surface area contributed by atoms with Gasteiger partial charge >= 0.3 is 0 Å². The zero-order valence-electron chi connectivity index (χ0n) is 15.0. The number of nitrogens with zero attached hydrogens (tertiary/aromatic N) is 5. The third-order valence-corrected chi connectivity index (χ3v) is 4.01. The Balaban J connectivity index is 1.81. The maximum absolute atomic E-state index is 12.6. The SMILES string of the molecule is C=CC(=O)N(C)c1ccc(C(=O)Nc2cnn(C)c2-c2cnccn2)cc1. The Bertz CT molecular complexity index is 979. The van der Waals surface area contributed by atoms with E-state index in [2.05, 4.69) is 27.0 Å². The van der Waals surface area contributed by atoms with E-state index in [4.69, 9.17) is 0 Å². The normalized spacial score (nSPS) is 10.3. The number of rotatable bonds is 5. The molecule has 2 aromatic heterocycles. The highest BCUT2D eigenvalue weighted by atomic mass is 16.2. The van der Waals surface area contributed by atoms with Crippen LogP contribution in [0, 0.1) is 0 Å². The standard InChI is InChI=1S/C19H18N6O2/c1-4-17(26)24(2)14-7-5-13(6-8-14)19(27)23-16-12-22-25(3)18(16)15-11-20-9-10-21-15/h4-12H,1H2,2-3H3,(H,23,27). The van der Waals surface area contributed by atoms with E-state index >= 15 is 0 Å². The van der Waals surface area contributed by atoms with E-state index in [1.807, 2.05) is 0 Å². The summed E-state index contributed by atoms with van der Waals surface area (Å²) in [7, 11) is 3.41. The van der Waals surface area contributed by atoms with Gasteiger partial charge in [-0.15, -0.1) is 0 Å². The van der Waals surface area contributed by atoms with Crippen molar-refractivity contribution in [2.45, 2.75) is 0 Å². The Labute approximate surface area is 156 Å². The molecule has 2 amide bonds. The Hall–Kier alpha value is -3.81. The van der Waals surface area contributed by atoms with Crippen molar-refractivity contribution in [3.8, 4) is 11.4 Å². The number of hydrogen-bond acceptors (Lipinski definition) is 5. The minimum atomic E-state index is -0.294. The van der Waals surface area contributed by atoms with Crippen LogP contribution >= 0.6 is 0 Å². The minimum absolute atomic E-state index is 0.226. The molecule has 0 radical (unpaired) electrons. The molecular weight excluding hydrogens is 344 g/mol. The Morgan fingerprint density at radius 3 is 2.56 bits per heavy atom. The number of aryl methyl sites for hydroxylation is 1. The summed E-state index contributed by atoms with van der Waals surface area (Å²) in [6.45, 7) is 3.46. The summed E-state index contributed by atoms with van der Waals surface area (Å²) in [5.74, 6) is -0.520. The van der Waals surface area contributed by atoms with Crippen molar-refractivity contribution in [2.75, 3.05) is 17.3 Å². The third kappa shape index (κ3) is 3.74. The predicted octanol–water partition coefficient (Wildman–Crippen LogP) is 2.28. The summed E-state index contributed by atoms with van der Waals surface area (Å²) in [5, 5.41) is 7.03. The largest absolute Gasteiger partial charge is 0.319 e. The van der Waals surface area contributed by atoms with Crippen LogP contribution in [0.3, 0.4) is 0 Å². The molecule has 0 aliphatic rings. The van der Waals surface area contributed by atoms with Gasteiger partial charge in [0.2, 0.25) is 5.91 Å². The first-order valence-corrected chi connectivity index (χ1v) is 8.11. The molecule has 0 bridgehead atoms. The van der Waals surface area contributed by atoms with Crippen LogP contribution in [0.4, 0.5) is 11.4 Å². The molecule has 1 N–H and O–H groups in total. The van der Waals surface area contributed by atoms with Crippen LogP contribution in [0.5, 0.6) is 0 Å². The number of hydrogen-bond donors (Lipinski definition) is 1. The summed E-state index contributed by atoms with van der Waals surface area (Å²) in [4.78, 5) is 34.0. The molecule has 0 saturated heterocycles. The van der Waals surface area contributed by atoms with Gasteiger partial charge in [0.25, 0.3) is 5.91 Å². The fourth-order valence-electron chi connectivity index (χ4n) is 2.55. The molecule has 3 rings (SSSR count). The molecule has 2 heterocycles. The third-order valence-electron chi connectivity index (χ3n) is 4.01. The Morgan fingerprint density at radius 2 is 1.93 bits per heavy atom. The van der Waals surface area contributed by atoms with Crippen molar-refractivity contribution in [2.24, 2.45) is 7.05 Å². The maximum atomic E-state index is 12.6. The van der Waals surface area contributed by atoms with Gasteiger partial charge in [-0.2, -0.15) is 5.10 Å². The number of aromatic nitrogens is 4. The fraction of sp³-hybridized carbons (Fsp3) is 0.105. The number of carbonyl (C=O) groups excluding carboxylic acids is 2. The first-order chi connectivity index (χ1) is 13.0. The first-order valence-electron chi connectivity index (χ1n) is 8.11. The lowest BCUT2D eigenvalue weighted by molar-refractivity contribution is -0.113. The second kappa shape index (κ2) is 7.61. The zero-order chi connectivity index (χ0) is 19.4. The fourth-order valence-corrected chi connectivity index (χ4v) is 2.55. The summed E-state index contributed by atoms with van der Waals surface area (Å²) < 4.78 is 1.62. The monoisotopic (exact) mass is 362 g/mol. The number of amides is 2. The van der Waals surface area contributed by atoms with Crippen molar-refractivity contribution < 1.29 is 9.59 Å². The lowest BCUT2D eigenvalue weighted by Crippen LogP contribution is -2.23. The zero-order valence-corrected chi connectivity index (χ0v) is 15.0. The van der Waals surface area contributed by atoms with Crippen LogP contribution in [0.25, 0.3) is 11.4 Å². The van der Waals surface area contributed by atoms with Gasteiger partial charge in [-0.05, 0) is 30.3 Å². The van der Waals surface area contributed by atoms with E-state index in [9.17, 15) is 9.59 Å². The van der Waals surface area contributed by atoms with E-state index in [0.717, 1.165) is 0 Å². The van der Waals surface area contributed by atoms with Gasteiger partial charge in [0, 0.05) is 37.7 Å². The molecule has 0 aliphatic heterocycles. The second-order valence-corrected chi connectivity index (χ2v) is 5.72. The predicted molar refractivity (Wildman–Crippen MR) is 102 cm³/mol. The molecule has 27 heavy (non-hydrogen) atoms. The van der Waals surface area contributed by atoms with Gasteiger partial charge in [0.1, 0.15) is 11.4 Å². The molecule has 8 heteroatoms. The summed E-state index contributed by atoms with van der Waals surface area (Å²) in [5.41, 5.74) is 2.91. The molecule has 1 aromatic carbocycles. The average molecular weight is 362 g/mol. The van der Waals surface area contributed by atoms with Crippen molar-refractivity contribution in [3.63, 3.8) is 0 Å². The van der Waals surface area contributed by atoms with Gasteiger partial charge in [-0.1, -0.05) is 6.58 Å². The number of carbonyl (C=O) groups is 2. The Morgan fingerprint density at radius 1 is 1.19 bits per heavy atom. The van der Waals surface area contributed by atoms with Crippen LogP contribution in [-0.4, -0.2) is 38.6 Å². The number of likely N-dealkylation sites (N-methyl/N-ethyl adjacent to an activating group) is 1. The highest BCUT2D eigenvalue weighted by Gasteiger charge is 2.16. The topological polar surface area (TPSA) is 93.0 Å². The lowest BCUT2D eigenvalue weighted by Gasteiger charge is -2.15. The number of benzene rings is 1.